The molecule has 0 unspecified atom stereocenters. The Morgan fingerprint density at radius 3 is 2.50 bits per heavy atom. The monoisotopic (exact) mass is 297 g/mol. The lowest BCUT2D eigenvalue weighted by Crippen LogP contribution is -2.03. The summed E-state index contributed by atoms with van der Waals surface area (Å²) in [6.45, 7) is -0.234. The van der Waals surface area contributed by atoms with Crippen molar-refractivity contribution in [3.63, 3.8) is 0 Å². The summed E-state index contributed by atoms with van der Waals surface area (Å²) in [5, 5.41) is 3.92. The van der Waals surface area contributed by atoms with E-state index in [1.54, 1.807) is 12.1 Å². The molecule has 0 atom stereocenters. The first kappa shape index (κ1) is 14.6. The van der Waals surface area contributed by atoms with E-state index in [0.29, 0.717) is 11.6 Å². The van der Waals surface area contributed by atoms with Crippen LogP contribution in [0.5, 0.6) is 5.75 Å². The molecule has 0 aliphatic carbocycles. The zero-order valence-electron chi connectivity index (χ0n) is 10.9. The topological polar surface area (TPSA) is 21.3 Å². The van der Waals surface area contributed by atoms with Crippen LogP contribution in [0.15, 0.2) is 42.5 Å². The van der Waals surface area contributed by atoms with Crippen molar-refractivity contribution in [2.75, 3.05) is 5.32 Å². The van der Waals surface area contributed by atoms with E-state index in [1.165, 1.54) is 12.1 Å². The van der Waals surface area contributed by atoms with Gasteiger partial charge in [-0.1, -0.05) is 29.8 Å². The summed E-state index contributed by atoms with van der Waals surface area (Å²) in [7, 11) is 0. The second-order valence-corrected chi connectivity index (χ2v) is 4.77. The first-order chi connectivity index (χ1) is 9.54. The van der Waals surface area contributed by atoms with Gasteiger partial charge in [-0.05, 0) is 42.3 Å². The maximum atomic E-state index is 12.0. The number of benzene rings is 2. The zero-order chi connectivity index (χ0) is 14.5. The number of rotatable bonds is 5. The molecular weight excluding hydrogens is 284 g/mol. The number of aryl methyl sites for hydroxylation is 1. The van der Waals surface area contributed by atoms with Gasteiger partial charge in [-0.3, -0.25) is 0 Å². The van der Waals surface area contributed by atoms with Crippen LogP contribution >= 0.6 is 11.6 Å². The molecule has 106 valence electrons. The molecule has 2 aromatic rings. The van der Waals surface area contributed by atoms with Gasteiger partial charge in [0, 0.05) is 17.3 Å². The number of nitrogens with one attached hydrogen (secondary N) is 1. The molecule has 0 saturated carbocycles. The van der Waals surface area contributed by atoms with Crippen molar-refractivity contribution in [2.45, 2.75) is 20.1 Å². The molecule has 1 N–H and O–H groups in total. The van der Waals surface area contributed by atoms with E-state index in [2.05, 4.69) is 10.1 Å². The first-order valence-electron chi connectivity index (χ1n) is 6.08. The van der Waals surface area contributed by atoms with Crippen molar-refractivity contribution in [2.24, 2.45) is 0 Å². The molecule has 0 spiro atoms. The molecule has 0 amide bonds. The molecule has 2 rings (SSSR count). The second kappa shape index (κ2) is 6.57. The van der Waals surface area contributed by atoms with E-state index >= 15 is 0 Å². The van der Waals surface area contributed by atoms with Gasteiger partial charge in [0.2, 0.25) is 0 Å². The number of alkyl halides is 2. The second-order valence-electron chi connectivity index (χ2n) is 4.34. The number of hydrogen-bond donors (Lipinski definition) is 1. The minimum atomic E-state index is -2.80. The number of ether oxygens (including phenoxy) is 1. The lowest BCUT2D eigenvalue weighted by molar-refractivity contribution is -0.0498. The smallest absolute Gasteiger partial charge is 0.387 e. The van der Waals surface area contributed by atoms with Crippen molar-refractivity contribution in [3.8, 4) is 5.75 Å². The summed E-state index contributed by atoms with van der Waals surface area (Å²) in [6, 6.07) is 12.1. The third kappa shape index (κ3) is 4.10. The molecule has 0 fully saturated rings. The normalized spacial score (nSPS) is 10.7. The van der Waals surface area contributed by atoms with Gasteiger partial charge in [-0.2, -0.15) is 8.78 Å². The molecule has 0 heterocycles. The minimum absolute atomic E-state index is 0.155. The molecule has 0 aliphatic rings. The Bertz CT molecular complexity index is 573. The van der Waals surface area contributed by atoms with Gasteiger partial charge in [-0.25, -0.2) is 0 Å². The Morgan fingerprint density at radius 2 is 1.85 bits per heavy atom. The Morgan fingerprint density at radius 1 is 1.15 bits per heavy atom. The van der Waals surface area contributed by atoms with Gasteiger partial charge >= 0.3 is 6.61 Å². The van der Waals surface area contributed by atoms with E-state index in [4.69, 9.17) is 11.6 Å². The fourth-order valence-corrected chi connectivity index (χ4v) is 1.94. The van der Waals surface area contributed by atoms with Gasteiger partial charge in [0.25, 0.3) is 0 Å². The maximum absolute atomic E-state index is 12.0. The SMILES string of the molecule is Cc1ccc(Cl)cc1NCc1ccc(OC(F)F)cc1. The number of anilines is 1. The summed E-state index contributed by atoms with van der Waals surface area (Å²) in [6.07, 6.45) is 0. The molecule has 5 heteroatoms. The quantitative estimate of drug-likeness (QED) is 0.851. The van der Waals surface area contributed by atoms with Crippen LogP contribution in [0.2, 0.25) is 5.02 Å². The lowest BCUT2D eigenvalue weighted by atomic mass is 10.1. The summed E-state index contributed by atoms with van der Waals surface area (Å²) in [4.78, 5) is 0. The Hall–Kier alpha value is -1.81. The van der Waals surface area contributed by atoms with Gasteiger partial charge in [0.05, 0.1) is 0 Å². The average Bonchev–Trinajstić information content (AvgIpc) is 2.41. The predicted molar refractivity (Wildman–Crippen MR) is 76.6 cm³/mol. The lowest BCUT2D eigenvalue weighted by Gasteiger charge is -2.11. The van der Waals surface area contributed by atoms with E-state index in [-0.39, 0.29) is 5.75 Å². The minimum Gasteiger partial charge on any atom is -0.435 e. The molecule has 0 radical (unpaired) electrons. The van der Waals surface area contributed by atoms with Gasteiger partial charge in [0.1, 0.15) is 5.75 Å². The van der Waals surface area contributed by atoms with E-state index in [0.717, 1.165) is 16.8 Å². The molecule has 0 aliphatic heterocycles. The van der Waals surface area contributed by atoms with E-state index < -0.39 is 6.61 Å². The van der Waals surface area contributed by atoms with Crippen LogP contribution in [0, 0.1) is 6.92 Å². The van der Waals surface area contributed by atoms with Crippen LogP contribution < -0.4 is 10.1 Å². The van der Waals surface area contributed by atoms with Crippen LogP contribution in [0.3, 0.4) is 0 Å². The molecule has 0 bridgehead atoms. The van der Waals surface area contributed by atoms with Crippen molar-refractivity contribution >= 4 is 17.3 Å². The van der Waals surface area contributed by atoms with E-state index in [9.17, 15) is 8.78 Å². The van der Waals surface area contributed by atoms with Crippen molar-refractivity contribution in [3.05, 3.63) is 58.6 Å². The van der Waals surface area contributed by atoms with Gasteiger partial charge in [0.15, 0.2) is 0 Å². The van der Waals surface area contributed by atoms with Crippen molar-refractivity contribution in [1.82, 2.24) is 0 Å². The largest absolute Gasteiger partial charge is 0.435 e. The molecular formula is C15H14ClF2NO. The van der Waals surface area contributed by atoms with Crippen molar-refractivity contribution < 1.29 is 13.5 Å². The Labute approximate surface area is 121 Å². The number of halogens is 3. The van der Waals surface area contributed by atoms with Crippen molar-refractivity contribution in [1.29, 1.82) is 0 Å². The fourth-order valence-electron chi connectivity index (χ4n) is 1.77. The van der Waals surface area contributed by atoms with E-state index in [1.807, 2.05) is 25.1 Å². The van der Waals surface area contributed by atoms with Crippen LogP contribution in [0.1, 0.15) is 11.1 Å². The molecule has 20 heavy (non-hydrogen) atoms. The highest BCUT2D eigenvalue weighted by molar-refractivity contribution is 6.30. The molecule has 0 saturated heterocycles. The van der Waals surface area contributed by atoms with Crippen LogP contribution in [0.4, 0.5) is 14.5 Å². The predicted octanol–water partition coefficient (Wildman–Crippen LogP) is 4.86. The summed E-state index contributed by atoms with van der Waals surface area (Å²) >= 11 is 5.94. The third-order valence-corrected chi connectivity index (χ3v) is 3.07. The van der Waals surface area contributed by atoms with Crippen LogP contribution in [-0.4, -0.2) is 6.61 Å². The molecule has 2 nitrogen and oxygen atoms in total. The summed E-state index contributed by atoms with van der Waals surface area (Å²) in [5.74, 6) is 0.155. The Kier molecular flexibility index (Phi) is 4.79. The van der Waals surface area contributed by atoms with Crippen LogP contribution in [-0.2, 0) is 6.54 Å². The zero-order valence-corrected chi connectivity index (χ0v) is 11.6. The van der Waals surface area contributed by atoms with Gasteiger partial charge in [-0.15, -0.1) is 0 Å². The molecule has 2 aromatic carbocycles. The fraction of sp³-hybridized carbons (Fsp3) is 0.200. The number of hydrogen-bond acceptors (Lipinski definition) is 2. The van der Waals surface area contributed by atoms with Gasteiger partial charge < -0.3 is 10.1 Å². The van der Waals surface area contributed by atoms with Crippen LogP contribution in [0.25, 0.3) is 0 Å². The standard InChI is InChI=1S/C15H14ClF2NO/c1-10-2-5-12(16)8-14(10)19-9-11-3-6-13(7-4-11)20-15(17)18/h2-8,15,19H,9H2,1H3. The Balaban J connectivity index is 1.98. The summed E-state index contributed by atoms with van der Waals surface area (Å²) < 4.78 is 28.3. The highest BCUT2D eigenvalue weighted by Crippen LogP contribution is 2.21. The first-order valence-corrected chi connectivity index (χ1v) is 6.46. The summed E-state index contributed by atoms with van der Waals surface area (Å²) in [5.41, 5.74) is 3.00. The maximum Gasteiger partial charge on any atom is 0.387 e. The highest BCUT2D eigenvalue weighted by Gasteiger charge is 2.04. The average molecular weight is 298 g/mol. The highest BCUT2D eigenvalue weighted by atomic mass is 35.5. The third-order valence-electron chi connectivity index (χ3n) is 2.83. The molecule has 0 aromatic heterocycles.